The van der Waals surface area contributed by atoms with Crippen LogP contribution < -0.4 is 0 Å². The fourth-order valence-corrected chi connectivity index (χ4v) is 3.56. The Labute approximate surface area is 153 Å². The highest BCUT2D eigenvalue weighted by Crippen LogP contribution is 2.20. The molecule has 0 radical (unpaired) electrons. The van der Waals surface area contributed by atoms with E-state index in [0.29, 0.717) is 0 Å². The first-order valence-electron chi connectivity index (χ1n) is 9.12. The summed E-state index contributed by atoms with van der Waals surface area (Å²) < 4.78 is 5.41. The van der Waals surface area contributed by atoms with Gasteiger partial charge in [-0.3, -0.25) is 9.69 Å². The highest BCUT2D eigenvalue weighted by Gasteiger charge is 2.21. The number of para-hydroxylation sites is 1. The maximum atomic E-state index is 12.8. The zero-order chi connectivity index (χ0) is 17.9. The van der Waals surface area contributed by atoms with E-state index in [1.54, 1.807) is 0 Å². The van der Waals surface area contributed by atoms with E-state index in [2.05, 4.69) is 10.1 Å². The summed E-state index contributed by atoms with van der Waals surface area (Å²) in [5.41, 5.74) is 3.69. The van der Waals surface area contributed by atoms with Crippen LogP contribution in [0.15, 0.2) is 53.1 Å². The Morgan fingerprint density at radius 1 is 1.08 bits per heavy atom. The van der Waals surface area contributed by atoms with Crippen molar-refractivity contribution in [2.75, 3.05) is 26.2 Å². The van der Waals surface area contributed by atoms with E-state index in [9.17, 15) is 4.79 Å². The fraction of sp³-hybridized carbons (Fsp3) is 0.333. The van der Waals surface area contributed by atoms with Crippen LogP contribution in [0.4, 0.5) is 0 Å². The van der Waals surface area contributed by atoms with E-state index in [-0.39, 0.29) is 5.91 Å². The minimum atomic E-state index is 0.127. The lowest BCUT2D eigenvalue weighted by Crippen LogP contribution is -2.35. The van der Waals surface area contributed by atoms with Crippen molar-refractivity contribution in [3.05, 3.63) is 65.4 Å². The van der Waals surface area contributed by atoms with Crippen molar-refractivity contribution >= 4 is 16.9 Å². The summed E-state index contributed by atoms with van der Waals surface area (Å²) in [6, 6.07) is 15.8. The zero-order valence-corrected chi connectivity index (χ0v) is 15.0. The highest BCUT2D eigenvalue weighted by atomic mass is 16.5. The number of aryl methyl sites for hydroxylation is 1. The van der Waals surface area contributed by atoms with Gasteiger partial charge in [0.1, 0.15) is 5.69 Å². The van der Waals surface area contributed by atoms with E-state index < -0.39 is 0 Å². The first-order valence-corrected chi connectivity index (χ1v) is 9.12. The van der Waals surface area contributed by atoms with E-state index in [4.69, 9.17) is 4.52 Å². The molecule has 2 heterocycles. The largest absolute Gasteiger partial charge is 0.356 e. The van der Waals surface area contributed by atoms with Crippen LogP contribution in [-0.2, 0) is 6.54 Å². The third-order valence-corrected chi connectivity index (χ3v) is 4.97. The molecule has 1 aromatic heterocycles. The quantitative estimate of drug-likeness (QED) is 0.726. The summed E-state index contributed by atoms with van der Waals surface area (Å²) in [6.07, 6.45) is 0.966. The molecule has 0 saturated carbocycles. The van der Waals surface area contributed by atoms with Gasteiger partial charge in [0.05, 0.1) is 0 Å². The van der Waals surface area contributed by atoms with Gasteiger partial charge in [-0.05, 0) is 37.6 Å². The molecular weight excluding hydrogens is 326 g/mol. The van der Waals surface area contributed by atoms with Crippen LogP contribution >= 0.6 is 0 Å². The predicted molar refractivity (Wildman–Crippen MR) is 101 cm³/mol. The molecule has 1 amide bonds. The molecule has 5 nitrogen and oxygen atoms in total. The van der Waals surface area contributed by atoms with Crippen molar-refractivity contribution in [3.63, 3.8) is 0 Å². The lowest BCUT2D eigenvalue weighted by atomic mass is 10.1. The molecule has 0 bridgehead atoms. The second-order valence-electron chi connectivity index (χ2n) is 6.92. The maximum Gasteiger partial charge on any atom is 0.253 e. The van der Waals surface area contributed by atoms with Crippen LogP contribution in [0.2, 0.25) is 0 Å². The number of nitrogens with zero attached hydrogens (tertiary/aromatic N) is 3. The van der Waals surface area contributed by atoms with Crippen molar-refractivity contribution in [2.45, 2.75) is 19.9 Å². The number of hydrogen-bond donors (Lipinski definition) is 0. The number of carbonyl (C=O) groups is 1. The number of carbonyl (C=O) groups excluding carboxylic acids is 1. The van der Waals surface area contributed by atoms with E-state index in [0.717, 1.165) is 66.9 Å². The van der Waals surface area contributed by atoms with Crippen LogP contribution in [0.5, 0.6) is 0 Å². The minimum absolute atomic E-state index is 0.127. The van der Waals surface area contributed by atoms with Crippen LogP contribution in [0, 0.1) is 6.92 Å². The molecule has 1 fully saturated rings. The summed E-state index contributed by atoms with van der Waals surface area (Å²) in [4.78, 5) is 17.1. The van der Waals surface area contributed by atoms with E-state index in [1.807, 2.05) is 60.4 Å². The molecule has 134 valence electrons. The Balaban J connectivity index is 1.42. The van der Waals surface area contributed by atoms with Gasteiger partial charge in [0, 0.05) is 43.7 Å². The molecule has 1 saturated heterocycles. The Morgan fingerprint density at radius 2 is 1.96 bits per heavy atom. The monoisotopic (exact) mass is 349 g/mol. The van der Waals surface area contributed by atoms with Crippen molar-refractivity contribution in [3.8, 4) is 0 Å². The molecule has 1 aliphatic rings. The van der Waals surface area contributed by atoms with Gasteiger partial charge in [-0.25, -0.2) is 0 Å². The van der Waals surface area contributed by atoms with Crippen LogP contribution in [0.3, 0.4) is 0 Å². The number of hydrogen-bond acceptors (Lipinski definition) is 4. The number of rotatable bonds is 3. The van der Waals surface area contributed by atoms with Gasteiger partial charge in [-0.1, -0.05) is 35.0 Å². The van der Waals surface area contributed by atoms with Gasteiger partial charge in [0.25, 0.3) is 5.91 Å². The lowest BCUT2D eigenvalue weighted by Gasteiger charge is -2.21. The van der Waals surface area contributed by atoms with Gasteiger partial charge < -0.3 is 9.42 Å². The summed E-state index contributed by atoms with van der Waals surface area (Å²) in [5.74, 6) is 0.127. The zero-order valence-electron chi connectivity index (χ0n) is 15.0. The number of aromatic nitrogens is 1. The van der Waals surface area contributed by atoms with Crippen molar-refractivity contribution in [1.29, 1.82) is 0 Å². The molecule has 0 unspecified atom stereocenters. The standard InChI is InChI=1S/C21H23N3O2/c1-16-6-4-7-17(14-16)21(25)24-11-5-10-23(12-13-24)15-19-18-8-2-3-9-20(18)26-22-19/h2-4,6-9,14H,5,10-13,15H2,1H3. The van der Waals surface area contributed by atoms with Crippen LogP contribution in [-0.4, -0.2) is 47.0 Å². The Kier molecular flexibility index (Phi) is 4.71. The van der Waals surface area contributed by atoms with Gasteiger partial charge in [-0.2, -0.15) is 0 Å². The summed E-state index contributed by atoms with van der Waals surface area (Å²) in [5, 5.41) is 5.31. The first-order chi connectivity index (χ1) is 12.7. The smallest absolute Gasteiger partial charge is 0.253 e. The van der Waals surface area contributed by atoms with Crippen molar-refractivity contribution in [2.24, 2.45) is 0 Å². The third kappa shape index (κ3) is 3.48. The van der Waals surface area contributed by atoms with Gasteiger partial charge in [-0.15, -0.1) is 0 Å². The fourth-order valence-electron chi connectivity index (χ4n) is 3.56. The SMILES string of the molecule is Cc1cccc(C(=O)N2CCCN(Cc3noc4ccccc34)CC2)c1. The average Bonchev–Trinajstić information content (AvgIpc) is 2.91. The maximum absolute atomic E-state index is 12.8. The van der Waals surface area contributed by atoms with Gasteiger partial charge in [0.15, 0.2) is 5.58 Å². The number of benzene rings is 2. The molecule has 0 N–H and O–H groups in total. The molecule has 0 aliphatic carbocycles. The van der Waals surface area contributed by atoms with Crippen molar-refractivity contribution in [1.82, 2.24) is 15.0 Å². The molecule has 26 heavy (non-hydrogen) atoms. The molecule has 5 heteroatoms. The van der Waals surface area contributed by atoms with Crippen LogP contribution in [0.25, 0.3) is 11.0 Å². The molecule has 0 atom stereocenters. The molecule has 3 aromatic rings. The first kappa shape index (κ1) is 16.8. The second-order valence-corrected chi connectivity index (χ2v) is 6.92. The average molecular weight is 349 g/mol. The summed E-state index contributed by atoms with van der Waals surface area (Å²) >= 11 is 0. The summed E-state index contributed by atoms with van der Waals surface area (Å²) in [7, 11) is 0. The summed E-state index contributed by atoms with van der Waals surface area (Å²) in [6.45, 7) is 6.11. The van der Waals surface area contributed by atoms with E-state index in [1.165, 1.54) is 0 Å². The molecule has 1 aliphatic heterocycles. The van der Waals surface area contributed by atoms with Crippen molar-refractivity contribution < 1.29 is 9.32 Å². The minimum Gasteiger partial charge on any atom is -0.356 e. The lowest BCUT2D eigenvalue weighted by molar-refractivity contribution is 0.0761. The highest BCUT2D eigenvalue weighted by molar-refractivity contribution is 5.94. The number of amides is 1. The Hall–Kier alpha value is -2.66. The van der Waals surface area contributed by atoms with E-state index >= 15 is 0 Å². The normalized spacial score (nSPS) is 16.0. The second kappa shape index (κ2) is 7.30. The molecule has 0 spiro atoms. The molecular formula is C21H23N3O2. The van der Waals surface area contributed by atoms with Gasteiger partial charge >= 0.3 is 0 Å². The Bertz CT molecular complexity index is 918. The topological polar surface area (TPSA) is 49.6 Å². The Morgan fingerprint density at radius 3 is 2.85 bits per heavy atom. The predicted octanol–water partition coefficient (Wildman–Crippen LogP) is 3.48. The number of fused-ring (bicyclic) bond motifs is 1. The molecule has 2 aromatic carbocycles. The molecule has 4 rings (SSSR count). The van der Waals surface area contributed by atoms with Crippen LogP contribution in [0.1, 0.15) is 28.0 Å². The third-order valence-electron chi connectivity index (χ3n) is 4.97. The van der Waals surface area contributed by atoms with Gasteiger partial charge in [0.2, 0.25) is 0 Å².